The first-order chi connectivity index (χ1) is 20.3. The highest BCUT2D eigenvalue weighted by Crippen LogP contribution is 2.46. The number of ether oxygens (including phenoxy) is 3. The van der Waals surface area contributed by atoms with Gasteiger partial charge >= 0.3 is 5.91 Å². The van der Waals surface area contributed by atoms with Crippen molar-refractivity contribution in [3.63, 3.8) is 0 Å². The molecule has 8 nitrogen and oxygen atoms in total. The molecule has 1 saturated heterocycles. The molecule has 1 aliphatic heterocycles. The molecule has 42 heavy (non-hydrogen) atoms. The van der Waals surface area contributed by atoms with Gasteiger partial charge in [-0.3, -0.25) is 14.5 Å². The fourth-order valence-electron chi connectivity index (χ4n) is 5.11. The molecule has 1 aromatic heterocycles. The number of Topliss-reactive ketones (excluding diaryl/α,β-unsaturated/α-hetero) is 1. The summed E-state index contributed by atoms with van der Waals surface area (Å²) in [5.41, 5.74) is 3.43. The van der Waals surface area contributed by atoms with Gasteiger partial charge in [-0.2, -0.15) is 0 Å². The summed E-state index contributed by atoms with van der Waals surface area (Å²) in [7, 11) is 3.13. The number of hydrogen-bond acceptors (Lipinski definition) is 8. The number of aromatic nitrogens is 1. The van der Waals surface area contributed by atoms with E-state index >= 15 is 0 Å². The van der Waals surface area contributed by atoms with Crippen molar-refractivity contribution in [1.82, 2.24) is 4.98 Å². The Labute approximate surface area is 249 Å². The van der Waals surface area contributed by atoms with Crippen LogP contribution in [0.3, 0.4) is 0 Å². The standard InChI is InChI=1S/C33H34N2O6S/c1-6-7-8-15-41-25-14-11-21(17-26(25)40-5)29-28(30(36)23-16-19(2)9-10-20(23)3)31(37)32(38)35(29)33-34-24-13-12-22(39-4)18-27(24)42-33/h9-14,16-18,29,36H,6-8,15H2,1-5H3/b30-28+. The number of rotatable bonds is 10. The lowest BCUT2D eigenvalue weighted by Gasteiger charge is -2.24. The summed E-state index contributed by atoms with van der Waals surface area (Å²) in [6.07, 6.45) is 3.05. The molecule has 1 fully saturated rings. The second-order valence-electron chi connectivity index (χ2n) is 10.3. The lowest BCUT2D eigenvalue weighted by Crippen LogP contribution is -2.29. The number of benzene rings is 3. The summed E-state index contributed by atoms with van der Waals surface area (Å²) >= 11 is 1.27. The summed E-state index contributed by atoms with van der Waals surface area (Å²) in [6.45, 7) is 6.44. The molecule has 0 saturated carbocycles. The van der Waals surface area contributed by atoms with Crippen molar-refractivity contribution in [2.75, 3.05) is 25.7 Å². The second kappa shape index (κ2) is 12.2. The normalized spacial score (nSPS) is 16.3. The summed E-state index contributed by atoms with van der Waals surface area (Å²) in [4.78, 5) is 33.5. The predicted octanol–water partition coefficient (Wildman–Crippen LogP) is 7.13. The lowest BCUT2D eigenvalue weighted by atomic mass is 9.93. The van der Waals surface area contributed by atoms with E-state index in [1.807, 2.05) is 44.2 Å². The summed E-state index contributed by atoms with van der Waals surface area (Å²) in [5.74, 6) is -0.0914. The third-order valence-corrected chi connectivity index (χ3v) is 8.41. The smallest absolute Gasteiger partial charge is 0.301 e. The maximum absolute atomic E-state index is 13.7. The van der Waals surface area contributed by atoms with Gasteiger partial charge in [0.05, 0.1) is 42.7 Å². The number of nitrogens with zero attached hydrogens (tertiary/aromatic N) is 2. The Bertz CT molecular complexity index is 1690. The van der Waals surface area contributed by atoms with Crippen LogP contribution < -0.4 is 19.1 Å². The van der Waals surface area contributed by atoms with Crippen molar-refractivity contribution < 1.29 is 28.9 Å². The molecule has 0 bridgehead atoms. The number of aliphatic hydroxyl groups excluding tert-OH is 1. The van der Waals surface area contributed by atoms with Crippen LogP contribution in [0.15, 0.2) is 60.2 Å². The van der Waals surface area contributed by atoms with Crippen molar-refractivity contribution in [2.24, 2.45) is 0 Å². The average Bonchev–Trinajstić information content (AvgIpc) is 3.53. The monoisotopic (exact) mass is 586 g/mol. The number of anilines is 1. The average molecular weight is 587 g/mol. The van der Waals surface area contributed by atoms with Gasteiger partial charge in [0.1, 0.15) is 11.5 Å². The largest absolute Gasteiger partial charge is 0.507 e. The Balaban J connectivity index is 1.68. The highest BCUT2D eigenvalue weighted by Gasteiger charge is 2.48. The number of carbonyl (C=O) groups is 2. The minimum absolute atomic E-state index is 0.01000. The second-order valence-corrected chi connectivity index (χ2v) is 11.3. The highest BCUT2D eigenvalue weighted by atomic mass is 32.1. The number of carbonyl (C=O) groups excluding carboxylic acids is 2. The third-order valence-electron chi connectivity index (χ3n) is 7.39. The van der Waals surface area contributed by atoms with Gasteiger partial charge in [-0.15, -0.1) is 0 Å². The molecule has 1 N–H and O–H groups in total. The Morgan fingerprint density at radius 2 is 1.79 bits per heavy atom. The molecule has 1 unspecified atom stereocenters. The molecule has 1 aliphatic rings. The van der Waals surface area contributed by atoms with Crippen molar-refractivity contribution in [3.8, 4) is 17.2 Å². The van der Waals surface area contributed by atoms with Gasteiger partial charge in [0, 0.05) is 5.56 Å². The van der Waals surface area contributed by atoms with E-state index in [2.05, 4.69) is 6.92 Å². The van der Waals surface area contributed by atoms with Crippen LogP contribution in [0.5, 0.6) is 17.2 Å². The Hall–Kier alpha value is -4.37. The first-order valence-electron chi connectivity index (χ1n) is 13.9. The lowest BCUT2D eigenvalue weighted by molar-refractivity contribution is -0.132. The van der Waals surface area contributed by atoms with E-state index in [4.69, 9.17) is 19.2 Å². The van der Waals surface area contributed by atoms with E-state index in [9.17, 15) is 14.7 Å². The number of fused-ring (bicyclic) bond motifs is 1. The Morgan fingerprint density at radius 1 is 0.976 bits per heavy atom. The number of aryl methyl sites for hydroxylation is 2. The fourth-order valence-corrected chi connectivity index (χ4v) is 6.13. The summed E-state index contributed by atoms with van der Waals surface area (Å²) in [6, 6.07) is 15.5. The molecule has 1 atom stereocenters. The van der Waals surface area contributed by atoms with Crippen LogP contribution in [0.4, 0.5) is 5.13 Å². The van der Waals surface area contributed by atoms with Gasteiger partial charge in [0.2, 0.25) is 0 Å². The van der Waals surface area contributed by atoms with Crippen molar-refractivity contribution in [2.45, 2.75) is 46.1 Å². The van der Waals surface area contributed by atoms with Gasteiger partial charge in [0.15, 0.2) is 16.6 Å². The van der Waals surface area contributed by atoms with Crippen molar-refractivity contribution >= 4 is 44.1 Å². The molecule has 218 valence electrons. The predicted molar refractivity (Wildman–Crippen MR) is 165 cm³/mol. The maximum Gasteiger partial charge on any atom is 0.301 e. The molecule has 5 rings (SSSR count). The third kappa shape index (κ3) is 5.44. The van der Waals surface area contributed by atoms with Crippen LogP contribution in [0.2, 0.25) is 0 Å². The van der Waals surface area contributed by atoms with Crippen LogP contribution in [-0.4, -0.2) is 42.6 Å². The van der Waals surface area contributed by atoms with Gasteiger partial charge in [-0.1, -0.05) is 54.9 Å². The van der Waals surface area contributed by atoms with E-state index in [-0.39, 0.29) is 11.3 Å². The van der Waals surface area contributed by atoms with Crippen LogP contribution in [-0.2, 0) is 9.59 Å². The molecule has 3 aromatic carbocycles. The molecule has 2 heterocycles. The number of unbranched alkanes of at least 4 members (excludes halogenated alkanes) is 2. The number of aliphatic hydroxyl groups is 1. The topological polar surface area (TPSA) is 98.2 Å². The van der Waals surface area contributed by atoms with Crippen LogP contribution in [0.1, 0.15) is 54.5 Å². The molecule has 4 aromatic rings. The van der Waals surface area contributed by atoms with Crippen molar-refractivity contribution in [3.05, 3.63) is 82.4 Å². The van der Waals surface area contributed by atoms with Gasteiger partial charge in [0.25, 0.3) is 5.78 Å². The zero-order valence-electron chi connectivity index (χ0n) is 24.4. The first kappa shape index (κ1) is 29.1. The molecule has 9 heteroatoms. The van der Waals surface area contributed by atoms with Gasteiger partial charge in [-0.25, -0.2) is 4.98 Å². The van der Waals surface area contributed by atoms with Gasteiger partial charge in [-0.05, 0) is 67.8 Å². The maximum atomic E-state index is 13.7. The molecule has 0 aliphatic carbocycles. The molecule has 1 amide bonds. The van der Waals surface area contributed by atoms with Crippen LogP contribution in [0, 0.1) is 13.8 Å². The number of methoxy groups -OCH3 is 2. The minimum atomic E-state index is -0.949. The molecule has 0 spiro atoms. The van der Waals surface area contributed by atoms with E-state index in [0.29, 0.717) is 45.6 Å². The number of ketones is 1. The van der Waals surface area contributed by atoms with E-state index < -0.39 is 17.7 Å². The van der Waals surface area contributed by atoms with Gasteiger partial charge < -0.3 is 19.3 Å². The number of amides is 1. The number of hydrogen-bond donors (Lipinski definition) is 1. The van der Waals surface area contributed by atoms with E-state index in [1.165, 1.54) is 16.2 Å². The summed E-state index contributed by atoms with van der Waals surface area (Å²) < 4.78 is 17.8. The first-order valence-corrected chi connectivity index (χ1v) is 14.7. The summed E-state index contributed by atoms with van der Waals surface area (Å²) in [5, 5.41) is 12.0. The van der Waals surface area contributed by atoms with E-state index in [1.54, 1.807) is 38.5 Å². The fraction of sp³-hybridized carbons (Fsp3) is 0.303. The zero-order chi connectivity index (χ0) is 30.0. The molecule has 0 radical (unpaired) electrons. The Kier molecular flexibility index (Phi) is 8.49. The SMILES string of the molecule is CCCCCOc1ccc(C2/C(=C(\O)c3cc(C)ccc3C)C(=O)C(=O)N2c2nc3ccc(OC)cc3s2)cc1OC. The zero-order valence-corrected chi connectivity index (χ0v) is 25.2. The van der Waals surface area contributed by atoms with E-state index in [0.717, 1.165) is 35.1 Å². The molecular weight excluding hydrogens is 552 g/mol. The quantitative estimate of drug-likeness (QED) is 0.0914. The molecular formula is C33H34N2O6S. The van der Waals surface area contributed by atoms with Crippen LogP contribution in [0.25, 0.3) is 16.0 Å². The van der Waals surface area contributed by atoms with Crippen molar-refractivity contribution in [1.29, 1.82) is 0 Å². The Morgan fingerprint density at radius 3 is 2.52 bits per heavy atom. The van der Waals surface area contributed by atoms with Crippen LogP contribution >= 0.6 is 11.3 Å². The number of thiazole rings is 1. The highest BCUT2D eigenvalue weighted by molar-refractivity contribution is 7.22. The minimum Gasteiger partial charge on any atom is -0.507 e.